The topological polar surface area (TPSA) is 20.2 Å². The molecule has 3 rings (SSSR count). The third-order valence-corrected chi connectivity index (χ3v) is 3.32. The maximum absolute atomic E-state index is 10.0. The van der Waals surface area contributed by atoms with E-state index in [0.717, 1.165) is 20.9 Å². The molecule has 0 spiro atoms. The summed E-state index contributed by atoms with van der Waals surface area (Å²) < 4.78 is 1.14. The number of phenols is 1. The number of hydrogen-bond acceptors (Lipinski definition) is 2. The average molecular weight is 200 g/mol. The van der Waals surface area contributed by atoms with E-state index in [1.807, 2.05) is 35.7 Å². The quantitative estimate of drug-likeness (QED) is 0.585. The number of thiophene rings is 1. The van der Waals surface area contributed by atoms with Crippen molar-refractivity contribution >= 4 is 32.2 Å². The average Bonchev–Trinajstić information content (AvgIpc) is 2.66. The molecule has 0 amide bonds. The normalized spacial score (nSPS) is 11.1. The van der Waals surface area contributed by atoms with Crippen molar-refractivity contribution in [2.24, 2.45) is 0 Å². The molecule has 0 aliphatic rings. The minimum absolute atomic E-state index is 0.402. The molecule has 1 nitrogen and oxygen atoms in total. The van der Waals surface area contributed by atoms with E-state index in [1.54, 1.807) is 11.3 Å². The van der Waals surface area contributed by atoms with E-state index >= 15 is 0 Å². The molecule has 3 aromatic rings. The lowest BCUT2D eigenvalue weighted by atomic mass is 10.1. The van der Waals surface area contributed by atoms with E-state index in [4.69, 9.17) is 0 Å². The van der Waals surface area contributed by atoms with Gasteiger partial charge in [-0.1, -0.05) is 24.3 Å². The van der Waals surface area contributed by atoms with E-state index in [2.05, 4.69) is 6.07 Å². The van der Waals surface area contributed by atoms with Crippen molar-refractivity contribution in [1.29, 1.82) is 0 Å². The van der Waals surface area contributed by atoms with E-state index < -0.39 is 0 Å². The number of benzene rings is 2. The second-order valence-corrected chi connectivity index (χ2v) is 4.23. The Balaban J connectivity index is 2.63. The van der Waals surface area contributed by atoms with Crippen molar-refractivity contribution in [3.8, 4) is 5.75 Å². The zero-order valence-corrected chi connectivity index (χ0v) is 8.21. The summed E-state index contributed by atoms with van der Waals surface area (Å²) in [5, 5.41) is 15.0. The molecule has 1 heterocycles. The highest BCUT2D eigenvalue weighted by atomic mass is 32.1. The van der Waals surface area contributed by atoms with Crippen molar-refractivity contribution in [3.63, 3.8) is 0 Å². The van der Waals surface area contributed by atoms with Crippen LogP contribution in [0.25, 0.3) is 20.9 Å². The molecule has 0 saturated heterocycles. The van der Waals surface area contributed by atoms with Crippen LogP contribution in [0.5, 0.6) is 5.75 Å². The van der Waals surface area contributed by atoms with Crippen molar-refractivity contribution in [1.82, 2.24) is 0 Å². The summed E-state index contributed by atoms with van der Waals surface area (Å²) in [5.41, 5.74) is 0. The molecule has 0 aliphatic heterocycles. The number of hydrogen-bond donors (Lipinski definition) is 1. The Morgan fingerprint density at radius 1 is 1.00 bits per heavy atom. The second-order valence-electron chi connectivity index (χ2n) is 3.28. The lowest BCUT2D eigenvalue weighted by Gasteiger charge is -2.01. The lowest BCUT2D eigenvalue weighted by Crippen LogP contribution is -1.73. The molecule has 14 heavy (non-hydrogen) atoms. The maximum Gasteiger partial charge on any atom is 0.132 e. The molecule has 0 bridgehead atoms. The molecule has 2 aromatic carbocycles. The summed E-state index contributed by atoms with van der Waals surface area (Å²) in [7, 11) is 0. The summed E-state index contributed by atoms with van der Waals surface area (Å²) in [4.78, 5) is 0. The predicted octanol–water partition coefficient (Wildman–Crippen LogP) is 3.76. The Morgan fingerprint density at radius 2 is 1.86 bits per heavy atom. The van der Waals surface area contributed by atoms with Gasteiger partial charge in [-0.3, -0.25) is 0 Å². The third kappa shape index (κ3) is 0.946. The van der Waals surface area contributed by atoms with Crippen molar-refractivity contribution in [3.05, 3.63) is 41.8 Å². The minimum Gasteiger partial charge on any atom is -0.507 e. The maximum atomic E-state index is 10.0. The van der Waals surface area contributed by atoms with Gasteiger partial charge in [-0.05, 0) is 22.9 Å². The molecule has 1 aromatic heterocycles. The second kappa shape index (κ2) is 2.72. The molecule has 0 radical (unpaired) electrons. The molecular weight excluding hydrogens is 192 g/mol. The zero-order valence-electron chi connectivity index (χ0n) is 7.40. The molecule has 2 heteroatoms. The SMILES string of the molecule is Oc1c2ccccc2cc2sccc12. The van der Waals surface area contributed by atoms with Crippen molar-refractivity contribution in [2.45, 2.75) is 0 Å². The molecule has 0 aliphatic carbocycles. The summed E-state index contributed by atoms with van der Waals surface area (Å²) in [6.45, 7) is 0. The Morgan fingerprint density at radius 3 is 2.79 bits per heavy atom. The fourth-order valence-corrected chi connectivity index (χ4v) is 2.59. The first kappa shape index (κ1) is 7.83. The van der Waals surface area contributed by atoms with Gasteiger partial charge in [0.05, 0.1) is 0 Å². The molecule has 0 saturated carbocycles. The van der Waals surface area contributed by atoms with Crippen molar-refractivity contribution in [2.75, 3.05) is 0 Å². The van der Waals surface area contributed by atoms with Gasteiger partial charge in [-0.15, -0.1) is 11.3 Å². The molecule has 68 valence electrons. The van der Waals surface area contributed by atoms with Gasteiger partial charge >= 0.3 is 0 Å². The van der Waals surface area contributed by atoms with E-state index in [0.29, 0.717) is 5.75 Å². The van der Waals surface area contributed by atoms with Crippen LogP contribution in [0.15, 0.2) is 41.8 Å². The monoisotopic (exact) mass is 200 g/mol. The van der Waals surface area contributed by atoms with E-state index in [1.165, 1.54) is 0 Å². The van der Waals surface area contributed by atoms with Crippen LogP contribution in [0.3, 0.4) is 0 Å². The Kier molecular flexibility index (Phi) is 1.52. The van der Waals surface area contributed by atoms with Gasteiger partial charge in [0.15, 0.2) is 0 Å². The van der Waals surface area contributed by atoms with Crippen molar-refractivity contribution < 1.29 is 5.11 Å². The van der Waals surface area contributed by atoms with Crippen LogP contribution >= 0.6 is 11.3 Å². The summed E-state index contributed by atoms with van der Waals surface area (Å²) in [5.74, 6) is 0.402. The van der Waals surface area contributed by atoms with Crippen LogP contribution in [-0.2, 0) is 0 Å². The molecular formula is C12H8OS. The standard InChI is InChI=1S/C12H8OS/c13-12-9-4-2-1-3-8(9)7-11-10(12)5-6-14-11/h1-7,13H. The minimum atomic E-state index is 0.402. The van der Waals surface area contributed by atoms with Crippen LogP contribution in [0.1, 0.15) is 0 Å². The first-order valence-electron chi connectivity index (χ1n) is 4.44. The van der Waals surface area contributed by atoms with Gasteiger partial charge in [-0.2, -0.15) is 0 Å². The smallest absolute Gasteiger partial charge is 0.132 e. The molecule has 1 N–H and O–H groups in total. The highest BCUT2D eigenvalue weighted by molar-refractivity contribution is 7.17. The van der Waals surface area contributed by atoms with Crippen LogP contribution < -0.4 is 0 Å². The van der Waals surface area contributed by atoms with E-state index in [9.17, 15) is 5.11 Å². The summed E-state index contributed by atoms with van der Waals surface area (Å²) >= 11 is 1.66. The van der Waals surface area contributed by atoms with Crippen LogP contribution in [0.2, 0.25) is 0 Å². The lowest BCUT2D eigenvalue weighted by molar-refractivity contribution is 0.488. The first-order chi connectivity index (χ1) is 6.86. The number of fused-ring (bicyclic) bond motifs is 2. The van der Waals surface area contributed by atoms with Crippen LogP contribution in [-0.4, -0.2) is 5.11 Å². The highest BCUT2D eigenvalue weighted by Gasteiger charge is 2.05. The van der Waals surface area contributed by atoms with Gasteiger partial charge in [-0.25, -0.2) is 0 Å². The predicted molar refractivity (Wildman–Crippen MR) is 61.0 cm³/mol. The van der Waals surface area contributed by atoms with Gasteiger partial charge in [0, 0.05) is 15.5 Å². The first-order valence-corrected chi connectivity index (χ1v) is 5.32. The number of rotatable bonds is 0. The zero-order chi connectivity index (χ0) is 9.54. The van der Waals surface area contributed by atoms with E-state index in [-0.39, 0.29) is 0 Å². The number of aromatic hydroxyl groups is 1. The van der Waals surface area contributed by atoms with Crippen LogP contribution in [0, 0.1) is 0 Å². The summed E-state index contributed by atoms with van der Waals surface area (Å²) in [6.07, 6.45) is 0. The fraction of sp³-hybridized carbons (Fsp3) is 0. The number of phenolic OH excluding ortho intramolecular Hbond substituents is 1. The third-order valence-electron chi connectivity index (χ3n) is 2.45. The van der Waals surface area contributed by atoms with Gasteiger partial charge in [0.25, 0.3) is 0 Å². The van der Waals surface area contributed by atoms with Crippen LogP contribution in [0.4, 0.5) is 0 Å². The van der Waals surface area contributed by atoms with Gasteiger partial charge < -0.3 is 5.11 Å². The Bertz CT molecular complexity index is 610. The largest absolute Gasteiger partial charge is 0.507 e. The Labute approximate surface area is 85.2 Å². The molecule has 0 fully saturated rings. The van der Waals surface area contributed by atoms with Gasteiger partial charge in [0.1, 0.15) is 5.75 Å². The van der Waals surface area contributed by atoms with Gasteiger partial charge in [0.2, 0.25) is 0 Å². The highest BCUT2D eigenvalue weighted by Crippen LogP contribution is 2.36. The Hall–Kier alpha value is -1.54. The molecule has 0 atom stereocenters. The fourth-order valence-electron chi connectivity index (χ4n) is 1.75. The molecule has 0 unspecified atom stereocenters. The summed E-state index contributed by atoms with van der Waals surface area (Å²) in [6, 6.07) is 12.0.